The average Bonchev–Trinajstić information content (AvgIpc) is 2.37. The summed E-state index contributed by atoms with van der Waals surface area (Å²) in [4.78, 5) is 22.9. The summed E-state index contributed by atoms with van der Waals surface area (Å²) in [6.07, 6.45) is 0.110. The molecule has 0 spiro atoms. The average molecular weight is 231 g/mol. The lowest BCUT2D eigenvalue weighted by Gasteiger charge is -2.07. The van der Waals surface area contributed by atoms with Crippen LogP contribution in [0.15, 0.2) is 24.3 Å². The lowest BCUT2D eigenvalue weighted by molar-refractivity contribution is -0.144. The fraction of sp³-hybridized carbons (Fsp3) is 0.308. The van der Waals surface area contributed by atoms with Crippen LogP contribution >= 0.6 is 0 Å². The number of esters is 1. The first-order valence-electron chi connectivity index (χ1n) is 5.19. The van der Waals surface area contributed by atoms with Crippen LogP contribution in [0.1, 0.15) is 29.3 Å². The molecule has 1 unspecified atom stereocenters. The molecule has 0 amide bonds. The van der Waals surface area contributed by atoms with Crippen LogP contribution in [0, 0.1) is 17.2 Å². The largest absolute Gasteiger partial charge is 0.469 e. The first-order valence-corrected chi connectivity index (χ1v) is 5.19. The molecule has 0 aliphatic rings. The molecule has 0 aliphatic heterocycles. The molecule has 4 heteroatoms. The molecule has 0 saturated heterocycles. The highest BCUT2D eigenvalue weighted by molar-refractivity contribution is 5.98. The number of carbonyl (C=O) groups is 2. The van der Waals surface area contributed by atoms with Gasteiger partial charge in [0, 0.05) is 12.0 Å². The quantitative estimate of drug-likeness (QED) is 0.586. The number of hydrogen-bond acceptors (Lipinski definition) is 4. The summed E-state index contributed by atoms with van der Waals surface area (Å²) < 4.78 is 4.55. The van der Waals surface area contributed by atoms with E-state index in [4.69, 9.17) is 5.26 Å². The molecular formula is C13H13NO3. The van der Waals surface area contributed by atoms with Crippen molar-refractivity contribution in [3.05, 3.63) is 35.4 Å². The van der Waals surface area contributed by atoms with Crippen molar-refractivity contribution < 1.29 is 14.3 Å². The number of rotatable bonds is 4. The highest BCUT2D eigenvalue weighted by atomic mass is 16.5. The fourth-order valence-corrected chi connectivity index (χ4v) is 1.41. The van der Waals surface area contributed by atoms with Crippen LogP contribution < -0.4 is 0 Å². The first kappa shape index (κ1) is 12.9. The molecule has 1 atom stereocenters. The van der Waals surface area contributed by atoms with Gasteiger partial charge in [0.05, 0.1) is 24.7 Å². The highest BCUT2D eigenvalue weighted by Crippen LogP contribution is 2.12. The van der Waals surface area contributed by atoms with E-state index in [1.54, 1.807) is 31.2 Å². The second kappa shape index (κ2) is 5.80. The van der Waals surface area contributed by atoms with Gasteiger partial charge in [0.2, 0.25) is 0 Å². The van der Waals surface area contributed by atoms with Crippen molar-refractivity contribution in [2.75, 3.05) is 7.11 Å². The smallest absolute Gasteiger partial charge is 0.308 e. The molecule has 0 bridgehead atoms. The van der Waals surface area contributed by atoms with Crippen LogP contribution in [0.2, 0.25) is 0 Å². The van der Waals surface area contributed by atoms with Gasteiger partial charge in [-0.05, 0) is 12.1 Å². The number of Topliss-reactive ketones (excluding diaryl/α,β-unsaturated/α-hetero) is 1. The molecule has 0 aliphatic carbocycles. The van der Waals surface area contributed by atoms with E-state index in [0.717, 1.165) is 0 Å². The second-order valence-corrected chi connectivity index (χ2v) is 3.74. The molecule has 0 N–H and O–H groups in total. The molecule has 1 rings (SSSR count). The Morgan fingerprint density at radius 2 is 1.94 bits per heavy atom. The van der Waals surface area contributed by atoms with Crippen molar-refractivity contribution in [1.82, 2.24) is 0 Å². The highest BCUT2D eigenvalue weighted by Gasteiger charge is 2.18. The zero-order chi connectivity index (χ0) is 12.8. The van der Waals surface area contributed by atoms with Crippen LogP contribution in [0.4, 0.5) is 0 Å². The predicted octanol–water partition coefficient (Wildman–Crippen LogP) is 1.94. The third kappa shape index (κ3) is 3.42. The van der Waals surface area contributed by atoms with E-state index in [0.29, 0.717) is 11.1 Å². The number of methoxy groups -OCH3 is 1. The Morgan fingerprint density at radius 1 is 1.35 bits per heavy atom. The fourth-order valence-electron chi connectivity index (χ4n) is 1.41. The van der Waals surface area contributed by atoms with Gasteiger partial charge in [0.1, 0.15) is 0 Å². The number of ketones is 1. The van der Waals surface area contributed by atoms with E-state index in [1.807, 2.05) is 6.07 Å². The van der Waals surface area contributed by atoms with Gasteiger partial charge in [-0.25, -0.2) is 0 Å². The number of benzene rings is 1. The summed E-state index contributed by atoms with van der Waals surface area (Å²) >= 11 is 0. The van der Waals surface area contributed by atoms with Gasteiger partial charge >= 0.3 is 5.97 Å². The van der Waals surface area contributed by atoms with Crippen LogP contribution in [0.5, 0.6) is 0 Å². The van der Waals surface area contributed by atoms with E-state index in [-0.39, 0.29) is 12.2 Å². The number of carbonyl (C=O) groups excluding carboxylic acids is 2. The van der Waals surface area contributed by atoms with Crippen molar-refractivity contribution in [3.8, 4) is 6.07 Å². The monoisotopic (exact) mass is 231 g/mol. The van der Waals surface area contributed by atoms with E-state index in [9.17, 15) is 9.59 Å². The van der Waals surface area contributed by atoms with Crippen LogP contribution in [0.25, 0.3) is 0 Å². The van der Waals surface area contributed by atoms with Crippen molar-refractivity contribution in [1.29, 1.82) is 5.26 Å². The first-order chi connectivity index (χ1) is 8.08. The minimum atomic E-state index is -0.455. The molecule has 4 nitrogen and oxygen atoms in total. The Kier molecular flexibility index (Phi) is 4.41. The lowest BCUT2D eigenvalue weighted by atomic mass is 9.99. The second-order valence-electron chi connectivity index (χ2n) is 3.74. The van der Waals surface area contributed by atoms with E-state index >= 15 is 0 Å². The number of nitrogens with zero attached hydrogens (tertiary/aromatic N) is 1. The lowest BCUT2D eigenvalue weighted by Crippen LogP contribution is -2.16. The van der Waals surface area contributed by atoms with Gasteiger partial charge in [0.25, 0.3) is 0 Å². The maximum atomic E-state index is 11.8. The van der Waals surface area contributed by atoms with Gasteiger partial charge in [-0.2, -0.15) is 5.26 Å². The van der Waals surface area contributed by atoms with Crippen LogP contribution in [-0.2, 0) is 9.53 Å². The number of ether oxygens (including phenoxy) is 1. The molecule has 0 aromatic heterocycles. The van der Waals surface area contributed by atoms with Crippen molar-refractivity contribution >= 4 is 11.8 Å². The third-order valence-electron chi connectivity index (χ3n) is 2.43. The summed E-state index contributed by atoms with van der Waals surface area (Å²) in [5.41, 5.74) is 1.00. The Hall–Kier alpha value is -2.15. The standard InChI is InChI=1S/C13H13NO3/c1-9(13(16)17-2)7-12(15)11-5-3-10(8-14)4-6-11/h3-6,9H,7H2,1-2H3. The SMILES string of the molecule is COC(=O)C(C)CC(=O)c1ccc(C#N)cc1. The van der Waals surface area contributed by atoms with Crippen molar-refractivity contribution in [2.24, 2.45) is 5.92 Å². The number of hydrogen-bond donors (Lipinski definition) is 0. The summed E-state index contributed by atoms with van der Waals surface area (Å²) in [6.45, 7) is 1.65. The Balaban J connectivity index is 2.70. The molecule has 0 heterocycles. The normalized spacial score (nSPS) is 11.4. The molecule has 88 valence electrons. The molecule has 17 heavy (non-hydrogen) atoms. The minimum Gasteiger partial charge on any atom is -0.469 e. The minimum absolute atomic E-state index is 0.110. The van der Waals surface area contributed by atoms with Gasteiger partial charge in [-0.1, -0.05) is 19.1 Å². The Morgan fingerprint density at radius 3 is 2.41 bits per heavy atom. The third-order valence-corrected chi connectivity index (χ3v) is 2.43. The maximum absolute atomic E-state index is 11.8. The van der Waals surface area contributed by atoms with Gasteiger partial charge < -0.3 is 4.74 Å². The topological polar surface area (TPSA) is 67.2 Å². The van der Waals surface area contributed by atoms with E-state index in [2.05, 4.69) is 4.74 Å². The Bertz CT molecular complexity index is 457. The zero-order valence-corrected chi connectivity index (χ0v) is 9.77. The predicted molar refractivity (Wildman–Crippen MR) is 61.3 cm³/mol. The van der Waals surface area contributed by atoms with Gasteiger partial charge in [0.15, 0.2) is 5.78 Å². The molecule has 1 aromatic carbocycles. The maximum Gasteiger partial charge on any atom is 0.308 e. The van der Waals surface area contributed by atoms with Crippen molar-refractivity contribution in [2.45, 2.75) is 13.3 Å². The molecule has 1 aromatic rings. The zero-order valence-electron chi connectivity index (χ0n) is 9.77. The van der Waals surface area contributed by atoms with Gasteiger partial charge in [-0.3, -0.25) is 9.59 Å². The summed E-state index contributed by atoms with van der Waals surface area (Å²) in [5.74, 6) is -0.984. The molecular weight excluding hydrogens is 218 g/mol. The molecule has 0 saturated carbocycles. The van der Waals surface area contributed by atoms with E-state index < -0.39 is 11.9 Å². The van der Waals surface area contributed by atoms with Crippen LogP contribution in [0.3, 0.4) is 0 Å². The molecule has 0 fully saturated rings. The van der Waals surface area contributed by atoms with E-state index in [1.165, 1.54) is 7.11 Å². The molecule has 0 radical (unpaired) electrons. The van der Waals surface area contributed by atoms with Gasteiger partial charge in [-0.15, -0.1) is 0 Å². The summed E-state index contributed by atoms with van der Waals surface area (Å²) in [6, 6.07) is 8.31. The summed E-state index contributed by atoms with van der Waals surface area (Å²) in [7, 11) is 1.30. The number of nitriles is 1. The Labute approximate surface area is 99.8 Å². The van der Waals surface area contributed by atoms with Crippen molar-refractivity contribution in [3.63, 3.8) is 0 Å². The summed E-state index contributed by atoms with van der Waals surface area (Å²) in [5, 5.41) is 8.62. The van der Waals surface area contributed by atoms with Crippen LogP contribution in [-0.4, -0.2) is 18.9 Å².